The zero-order valence-corrected chi connectivity index (χ0v) is 19.0. The van der Waals surface area contributed by atoms with E-state index in [9.17, 15) is 14.7 Å². The molecule has 0 amide bonds. The predicted molar refractivity (Wildman–Crippen MR) is 126 cm³/mol. The molecule has 172 valence electrons. The number of piperidine rings is 1. The molecule has 5 rings (SSSR count). The molecule has 5 heteroatoms. The normalized spacial score (nSPS) is 28.1. The number of carboxylic acid groups (broad SMARTS) is 1. The van der Waals surface area contributed by atoms with Gasteiger partial charge in [-0.3, -0.25) is 9.69 Å². The molecule has 2 aromatic rings. The number of benzene rings is 1. The third kappa shape index (κ3) is 4.12. The van der Waals surface area contributed by atoms with E-state index in [1.807, 2.05) is 30.5 Å². The van der Waals surface area contributed by atoms with E-state index in [-0.39, 0.29) is 0 Å². The van der Waals surface area contributed by atoms with Crippen molar-refractivity contribution in [2.75, 3.05) is 0 Å². The number of para-hydroxylation sites is 1. The fraction of sp³-hybridized carbons (Fsp3) is 0.630. The van der Waals surface area contributed by atoms with Crippen molar-refractivity contribution in [1.82, 2.24) is 9.47 Å². The molecule has 3 aliphatic rings. The molecule has 2 bridgehead atoms. The van der Waals surface area contributed by atoms with Crippen molar-refractivity contribution in [3.05, 3.63) is 36.0 Å². The molecule has 1 N–H and O–H groups in total. The van der Waals surface area contributed by atoms with Gasteiger partial charge in [-0.15, -0.1) is 0 Å². The van der Waals surface area contributed by atoms with Crippen LogP contribution >= 0.6 is 0 Å². The smallest absolute Gasteiger partial charge is 0.377 e. The lowest BCUT2D eigenvalue weighted by molar-refractivity contribution is -0.131. The number of aromatic nitrogens is 1. The molecule has 3 atom stereocenters. The van der Waals surface area contributed by atoms with Crippen LogP contribution < -0.4 is 0 Å². The minimum Gasteiger partial charge on any atom is -0.475 e. The molecule has 1 aromatic carbocycles. The Hall–Kier alpha value is -2.14. The van der Waals surface area contributed by atoms with Crippen LogP contribution in [-0.2, 0) is 4.79 Å². The number of carbonyl (C=O) groups excluding carboxylic acids is 1. The predicted octanol–water partition coefficient (Wildman–Crippen LogP) is 5.97. The zero-order valence-electron chi connectivity index (χ0n) is 19.0. The Balaban J connectivity index is 1.38. The van der Waals surface area contributed by atoms with Gasteiger partial charge in [0, 0.05) is 41.3 Å². The summed E-state index contributed by atoms with van der Waals surface area (Å²) >= 11 is 0. The Morgan fingerprint density at radius 2 is 1.34 bits per heavy atom. The maximum atomic E-state index is 12.3. The van der Waals surface area contributed by atoms with Crippen molar-refractivity contribution in [1.29, 1.82) is 0 Å². The number of hydrogen-bond acceptors (Lipinski definition) is 3. The summed E-state index contributed by atoms with van der Waals surface area (Å²) < 4.78 is 2.22. The molecule has 0 spiro atoms. The van der Waals surface area contributed by atoms with Gasteiger partial charge in [0.2, 0.25) is 0 Å². The van der Waals surface area contributed by atoms with Crippen LogP contribution in [-0.4, -0.2) is 44.5 Å². The topological polar surface area (TPSA) is 62.5 Å². The number of ketones is 1. The van der Waals surface area contributed by atoms with Crippen LogP contribution in [0.1, 0.15) is 99.9 Å². The highest BCUT2D eigenvalue weighted by Gasteiger charge is 2.44. The Morgan fingerprint density at radius 1 is 0.750 bits per heavy atom. The lowest BCUT2D eigenvalue weighted by atomic mass is 9.90. The van der Waals surface area contributed by atoms with E-state index in [1.54, 1.807) is 0 Å². The van der Waals surface area contributed by atoms with E-state index in [1.165, 1.54) is 70.6 Å². The van der Waals surface area contributed by atoms with Crippen molar-refractivity contribution in [2.24, 2.45) is 0 Å². The largest absolute Gasteiger partial charge is 0.475 e. The number of Topliss-reactive ketones (excluding diaryl/α,β-unsaturated/α-hetero) is 1. The molecule has 3 heterocycles. The highest BCUT2D eigenvalue weighted by Crippen LogP contribution is 2.45. The first-order chi connectivity index (χ1) is 15.6. The summed E-state index contributed by atoms with van der Waals surface area (Å²) in [6.07, 6.45) is 19.0. The lowest BCUT2D eigenvalue weighted by Gasteiger charge is -2.44. The van der Waals surface area contributed by atoms with Gasteiger partial charge in [0.15, 0.2) is 0 Å². The summed E-state index contributed by atoms with van der Waals surface area (Å²) in [5.74, 6) is -2.18. The average Bonchev–Trinajstić information content (AvgIpc) is 3.31. The standard InChI is InChI=1S/C27H36N2O3/c30-26(27(31)32)24-18-28(25-13-9-8-12-23(24)25)22-16-20-14-15-21(17-22)29(20)19-10-6-4-2-1-3-5-7-11-19/h8-9,12-13,18-22H,1-7,10-11,14-17H2,(H,31,32)/t20-,21+,22?. The zero-order chi connectivity index (χ0) is 22.1. The van der Waals surface area contributed by atoms with Gasteiger partial charge >= 0.3 is 5.97 Å². The number of nitrogens with zero attached hydrogens (tertiary/aromatic N) is 2. The van der Waals surface area contributed by atoms with Crippen molar-refractivity contribution in [2.45, 2.75) is 108 Å². The monoisotopic (exact) mass is 436 g/mol. The van der Waals surface area contributed by atoms with Crippen molar-refractivity contribution < 1.29 is 14.7 Å². The molecule has 3 fully saturated rings. The molecule has 2 saturated heterocycles. The summed E-state index contributed by atoms with van der Waals surface area (Å²) in [6.45, 7) is 0. The van der Waals surface area contributed by atoms with Crippen molar-refractivity contribution >= 4 is 22.7 Å². The number of fused-ring (bicyclic) bond motifs is 3. The molecule has 1 aliphatic carbocycles. The van der Waals surface area contributed by atoms with Gasteiger partial charge in [0.25, 0.3) is 5.78 Å². The van der Waals surface area contributed by atoms with Crippen LogP contribution in [0.2, 0.25) is 0 Å². The minimum atomic E-state index is -1.38. The number of carboxylic acids is 1. The highest BCUT2D eigenvalue weighted by molar-refractivity contribution is 6.42. The summed E-state index contributed by atoms with van der Waals surface area (Å²) in [6, 6.07) is 10.1. The summed E-state index contributed by atoms with van der Waals surface area (Å²) in [5, 5.41) is 10.1. The molecule has 32 heavy (non-hydrogen) atoms. The maximum absolute atomic E-state index is 12.3. The number of aliphatic carboxylic acids is 1. The second-order valence-electron chi connectivity index (χ2n) is 10.3. The SMILES string of the molecule is O=C(O)C(=O)c1cn(C2C[C@H]3CC[C@@H](C2)N3C2CCCCCCCCC2)c2ccccc12. The Kier molecular flexibility index (Phi) is 6.36. The van der Waals surface area contributed by atoms with E-state index in [4.69, 9.17) is 0 Å². The van der Waals surface area contributed by atoms with Gasteiger partial charge in [0.05, 0.1) is 5.56 Å². The first-order valence-corrected chi connectivity index (χ1v) is 12.8. The van der Waals surface area contributed by atoms with Gasteiger partial charge in [0.1, 0.15) is 0 Å². The van der Waals surface area contributed by atoms with Crippen molar-refractivity contribution in [3.63, 3.8) is 0 Å². The fourth-order valence-corrected chi connectivity index (χ4v) is 6.90. The number of carbonyl (C=O) groups is 2. The molecular weight excluding hydrogens is 400 g/mol. The average molecular weight is 437 g/mol. The van der Waals surface area contributed by atoms with E-state index in [2.05, 4.69) is 9.47 Å². The van der Waals surface area contributed by atoms with E-state index in [0.29, 0.717) is 23.7 Å². The van der Waals surface area contributed by atoms with Crippen LogP contribution in [0.4, 0.5) is 0 Å². The highest BCUT2D eigenvalue weighted by atomic mass is 16.4. The lowest BCUT2D eigenvalue weighted by Crippen LogP contribution is -2.49. The van der Waals surface area contributed by atoms with Crippen molar-refractivity contribution in [3.8, 4) is 0 Å². The van der Waals surface area contributed by atoms with E-state index in [0.717, 1.165) is 29.8 Å². The Morgan fingerprint density at radius 3 is 1.97 bits per heavy atom. The van der Waals surface area contributed by atoms with Gasteiger partial charge in [-0.2, -0.15) is 0 Å². The molecule has 2 aliphatic heterocycles. The minimum absolute atomic E-state index is 0.329. The second-order valence-corrected chi connectivity index (χ2v) is 10.3. The molecule has 0 radical (unpaired) electrons. The quantitative estimate of drug-likeness (QED) is 0.474. The first-order valence-electron chi connectivity index (χ1n) is 12.8. The molecule has 1 saturated carbocycles. The van der Waals surface area contributed by atoms with Crippen LogP contribution in [0.25, 0.3) is 10.9 Å². The number of hydrogen-bond donors (Lipinski definition) is 1. The first kappa shape index (κ1) is 21.7. The summed E-state index contributed by atoms with van der Waals surface area (Å²) in [5.41, 5.74) is 1.32. The van der Waals surface area contributed by atoms with Crippen LogP contribution in [0, 0.1) is 0 Å². The number of rotatable bonds is 4. The fourth-order valence-electron chi connectivity index (χ4n) is 6.90. The van der Waals surface area contributed by atoms with Gasteiger partial charge < -0.3 is 9.67 Å². The van der Waals surface area contributed by atoms with Gasteiger partial charge in [-0.05, 0) is 44.6 Å². The van der Waals surface area contributed by atoms with Crippen LogP contribution in [0.15, 0.2) is 30.5 Å². The van der Waals surface area contributed by atoms with Gasteiger partial charge in [-0.1, -0.05) is 63.1 Å². The molecule has 5 nitrogen and oxygen atoms in total. The maximum Gasteiger partial charge on any atom is 0.377 e. The summed E-state index contributed by atoms with van der Waals surface area (Å²) in [4.78, 5) is 26.6. The third-order valence-corrected chi connectivity index (χ3v) is 8.33. The molecular formula is C27H36N2O3. The van der Waals surface area contributed by atoms with E-state index < -0.39 is 11.8 Å². The molecule has 1 aromatic heterocycles. The van der Waals surface area contributed by atoms with E-state index >= 15 is 0 Å². The summed E-state index contributed by atoms with van der Waals surface area (Å²) in [7, 11) is 0. The Labute approximate surface area is 190 Å². The molecule has 1 unspecified atom stereocenters. The van der Waals surface area contributed by atoms with Gasteiger partial charge in [-0.25, -0.2) is 4.79 Å². The van der Waals surface area contributed by atoms with Crippen LogP contribution in [0.5, 0.6) is 0 Å². The second kappa shape index (κ2) is 9.38. The third-order valence-electron chi connectivity index (χ3n) is 8.33. The van der Waals surface area contributed by atoms with Crippen LogP contribution in [0.3, 0.4) is 0 Å². The Bertz CT molecular complexity index is 956.